The Kier molecular flexibility index (Phi) is 3.62. The summed E-state index contributed by atoms with van der Waals surface area (Å²) in [5.41, 5.74) is 1.61. The Labute approximate surface area is 105 Å². The molecule has 0 unspecified atom stereocenters. The number of methoxy groups -OCH3 is 1. The lowest BCUT2D eigenvalue weighted by Crippen LogP contribution is -2.25. The molecule has 0 aliphatic carbocycles. The molecule has 0 aliphatic heterocycles. The number of nitrogens with zero attached hydrogens (tertiary/aromatic N) is 2. The van der Waals surface area contributed by atoms with Crippen molar-refractivity contribution < 1.29 is 9.53 Å². The molecule has 0 saturated carbocycles. The van der Waals surface area contributed by atoms with Crippen molar-refractivity contribution in [3.8, 4) is 5.75 Å². The second kappa shape index (κ2) is 5.35. The Morgan fingerprint density at radius 3 is 2.67 bits per heavy atom. The van der Waals surface area contributed by atoms with Crippen LogP contribution in [0.5, 0.6) is 5.75 Å². The molecule has 18 heavy (non-hydrogen) atoms. The summed E-state index contributed by atoms with van der Waals surface area (Å²) < 4.78 is 5.06. The van der Waals surface area contributed by atoms with Gasteiger partial charge in [0.15, 0.2) is 0 Å². The zero-order chi connectivity index (χ0) is 13.0. The number of H-pyrrole nitrogens is 1. The third-order valence-electron chi connectivity index (χ3n) is 2.66. The van der Waals surface area contributed by atoms with Gasteiger partial charge >= 0.3 is 0 Å². The maximum Gasteiger partial charge on any atom is 0.253 e. The summed E-state index contributed by atoms with van der Waals surface area (Å²) in [4.78, 5) is 13.8. The predicted octanol–water partition coefficient (Wildman–Crippen LogP) is 1.69. The average molecular weight is 245 g/mol. The van der Waals surface area contributed by atoms with Crippen LogP contribution < -0.4 is 4.74 Å². The highest BCUT2D eigenvalue weighted by molar-refractivity contribution is 5.94. The molecular weight excluding hydrogens is 230 g/mol. The van der Waals surface area contributed by atoms with E-state index in [2.05, 4.69) is 10.2 Å². The molecule has 1 amide bonds. The SMILES string of the molecule is COc1ccc(C(=O)N(C)Cc2cn[nH]c2)cc1. The summed E-state index contributed by atoms with van der Waals surface area (Å²) in [5, 5.41) is 6.57. The van der Waals surface area contributed by atoms with Crippen LogP contribution in [0.1, 0.15) is 15.9 Å². The van der Waals surface area contributed by atoms with Crippen molar-refractivity contribution in [1.82, 2.24) is 15.1 Å². The lowest BCUT2D eigenvalue weighted by atomic mass is 10.2. The van der Waals surface area contributed by atoms with Crippen LogP contribution in [0, 0.1) is 0 Å². The number of nitrogens with one attached hydrogen (secondary N) is 1. The van der Waals surface area contributed by atoms with Gasteiger partial charge in [-0.2, -0.15) is 5.10 Å². The first-order chi connectivity index (χ1) is 8.70. The summed E-state index contributed by atoms with van der Waals surface area (Å²) in [6.07, 6.45) is 3.48. The smallest absolute Gasteiger partial charge is 0.253 e. The number of benzene rings is 1. The number of carbonyl (C=O) groups is 1. The standard InChI is InChI=1S/C13H15N3O2/c1-16(9-10-7-14-15-8-10)13(17)11-3-5-12(18-2)6-4-11/h3-8H,9H2,1-2H3,(H,14,15). The molecule has 5 nitrogen and oxygen atoms in total. The zero-order valence-electron chi connectivity index (χ0n) is 10.4. The second-order valence-corrected chi connectivity index (χ2v) is 4.00. The number of hydrogen-bond donors (Lipinski definition) is 1. The number of hydrogen-bond acceptors (Lipinski definition) is 3. The van der Waals surface area contributed by atoms with Crippen LogP contribution in [-0.4, -0.2) is 35.2 Å². The van der Waals surface area contributed by atoms with Gasteiger partial charge in [0, 0.05) is 30.9 Å². The first-order valence-corrected chi connectivity index (χ1v) is 5.58. The van der Waals surface area contributed by atoms with Gasteiger partial charge < -0.3 is 9.64 Å². The molecule has 1 heterocycles. The quantitative estimate of drug-likeness (QED) is 0.891. The second-order valence-electron chi connectivity index (χ2n) is 4.00. The Morgan fingerprint density at radius 1 is 1.39 bits per heavy atom. The van der Waals surface area contributed by atoms with Crippen LogP contribution in [0.3, 0.4) is 0 Å². The Morgan fingerprint density at radius 2 is 2.11 bits per heavy atom. The fourth-order valence-corrected chi connectivity index (χ4v) is 1.66. The molecule has 94 valence electrons. The zero-order valence-corrected chi connectivity index (χ0v) is 10.4. The molecule has 0 fully saturated rings. The van der Waals surface area contributed by atoms with E-state index in [0.717, 1.165) is 11.3 Å². The van der Waals surface area contributed by atoms with Gasteiger partial charge in [-0.3, -0.25) is 9.89 Å². The molecule has 2 rings (SSSR count). The van der Waals surface area contributed by atoms with Crippen LogP contribution >= 0.6 is 0 Å². The van der Waals surface area contributed by atoms with Gasteiger partial charge in [-0.1, -0.05) is 0 Å². The third-order valence-corrected chi connectivity index (χ3v) is 2.66. The monoisotopic (exact) mass is 245 g/mol. The molecule has 0 aliphatic rings. The van der Waals surface area contributed by atoms with Gasteiger partial charge in [0.25, 0.3) is 5.91 Å². The molecule has 2 aromatic rings. The molecule has 0 atom stereocenters. The topological polar surface area (TPSA) is 58.2 Å². The van der Waals surface area contributed by atoms with Crippen molar-refractivity contribution in [3.63, 3.8) is 0 Å². The highest BCUT2D eigenvalue weighted by atomic mass is 16.5. The van der Waals surface area contributed by atoms with E-state index in [1.807, 2.05) is 0 Å². The molecule has 0 radical (unpaired) electrons. The first kappa shape index (κ1) is 12.2. The predicted molar refractivity (Wildman–Crippen MR) is 67.4 cm³/mol. The average Bonchev–Trinajstić information content (AvgIpc) is 2.91. The lowest BCUT2D eigenvalue weighted by molar-refractivity contribution is 0.0785. The Bertz CT molecular complexity index is 506. The van der Waals surface area contributed by atoms with E-state index in [9.17, 15) is 4.79 Å². The van der Waals surface area contributed by atoms with E-state index >= 15 is 0 Å². The van der Waals surface area contributed by atoms with Crippen LogP contribution in [0.25, 0.3) is 0 Å². The Balaban J connectivity index is 2.05. The van der Waals surface area contributed by atoms with Crippen molar-refractivity contribution in [1.29, 1.82) is 0 Å². The molecular formula is C13H15N3O2. The third kappa shape index (κ3) is 2.68. The fourth-order valence-electron chi connectivity index (χ4n) is 1.66. The number of rotatable bonds is 4. The summed E-state index contributed by atoms with van der Waals surface area (Å²) in [5.74, 6) is 0.711. The first-order valence-electron chi connectivity index (χ1n) is 5.58. The molecule has 5 heteroatoms. The maximum atomic E-state index is 12.1. The van der Waals surface area contributed by atoms with Crippen molar-refractivity contribution in [2.24, 2.45) is 0 Å². The van der Waals surface area contributed by atoms with E-state index in [-0.39, 0.29) is 5.91 Å². The van der Waals surface area contributed by atoms with Crippen LogP contribution in [0.15, 0.2) is 36.7 Å². The van der Waals surface area contributed by atoms with E-state index < -0.39 is 0 Å². The summed E-state index contributed by atoms with van der Waals surface area (Å²) >= 11 is 0. The van der Waals surface area contributed by atoms with Gasteiger partial charge in [-0.25, -0.2) is 0 Å². The number of carbonyl (C=O) groups excluding carboxylic acids is 1. The summed E-state index contributed by atoms with van der Waals surface area (Å²) in [6, 6.07) is 7.07. The highest BCUT2D eigenvalue weighted by Crippen LogP contribution is 2.13. The molecule has 0 bridgehead atoms. The lowest BCUT2D eigenvalue weighted by Gasteiger charge is -2.16. The number of aromatic amines is 1. The van der Waals surface area contributed by atoms with Crippen molar-refractivity contribution >= 4 is 5.91 Å². The van der Waals surface area contributed by atoms with Crippen molar-refractivity contribution in [3.05, 3.63) is 47.8 Å². The summed E-state index contributed by atoms with van der Waals surface area (Å²) in [7, 11) is 3.36. The number of amides is 1. The van der Waals surface area contributed by atoms with E-state index in [1.54, 1.807) is 55.7 Å². The number of ether oxygens (including phenoxy) is 1. The normalized spacial score (nSPS) is 10.1. The molecule has 0 spiro atoms. The molecule has 1 aromatic carbocycles. The fraction of sp³-hybridized carbons (Fsp3) is 0.231. The molecule has 0 saturated heterocycles. The summed E-state index contributed by atoms with van der Waals surface area (Å²) in [6.45, 7) is 0.529. The minimum Gasteiger partial charge on any atom is -0.497 e. The van der Waals surface area contributed by atoms with E-state index in [4.69, 9.17) is 4.74 Å². The molecule has 1 N–H and O–H groups in total. The van der Waals surface area contributed by atoms with Crippen LogP contribution in [0.2, 0.25) is 0 Å². The largest absolute Gasteiger partial charge is 0.497 e. The van der Waals surface area contributed by atoms with Gasteiger partial charge in [0.2, 0.25) is 0 Å². The maximum absolute atomic E-state index is 12.1. The van der Waals surface area contributed by atoms with Crippen molar-refractivity contribution in [2.75, 3.05) is 14.2 Å². The van der Waals surface area contributed by atoms with Gasteiger partial charge in [0.05, 0.1) is 13.3 Å². The minimum absolute atomic E-state index is 0.0288. The van der Waals surface area contributed by atoms with Gasteiger partial charge in [0.1, 0.15) is 5.75 Å². The van der Waals surface area contributed by atoms with Crippen LogP contribution in [0.4, 0.5) is 0 Å². The van der Waals surface area contributed by atoms with Crippen molar-refractivity contribution in [2.45, 2.75) is 6.54 Å². The van der Waals surface area contributed by atoms with E-state index in [1.165, 1.54) is 0 Å². The van der Waals surface area contributed by atoms with E-state index in [0.29, 0.717) is 12.1 Å². The Hall–Kier alpha value is -2.30. The van der Waals surface area contributed by atoms with Crippen LogP contribution in [-0.2, 0) is 6.54 Å². The van der Waals surface area contributed by atoms with Gasteiger partial charge in [-0.15, -0.1) is 0 Å². The molecule has 1 aromatic heterocycles. The van der Waals surface area contributed by atoms with Gasteiger partial charge in [-0.05, 0) is 24.3 Å². The minimum atomic E-state index is -0.0288. The number of aromatic nitrogens is 2. The highest BCUT2D eigenvalue weighted by Gasteiger charge is 2.12.